The molecule has 1 N–H and O–H groups in total. The van der Waals surface area contributed by atoms with Gasteiger partial charge in [-0.2, -0.15) is 0 Å². The van der Waals surface area contributed by atoms with E-state index >= 15 is 0 Å². The summed E-state index contributed by atoms with van der Waals surface area (Å²) in [5.74, 6) is 0.935. The fourth-order valence-electron chi connectivity index (χ4n) is 2.66. The molecule has 0 radical (unpaired) electrons. The minimum absolute atomic E-state index is 0.214. The Morgan fingerprint density at radius 3 is 2.85 bits per heavy atom. The molecule has 0 atom stereocenters. The highest BCUT2D eigenvalue weighted by molar-refractivity contribution is 5.92. The van der Waals surface area contributed by atoms with Crippen LogP contribution in [0.25, 0.3) is 5.65 Å². The molecular weight excluding hydrogens is 344 g/mol. The molecule has 0 aliphatic heterocycles. The first-order valence-corrected chi connectivity index (χ1v) is 8.62. The van der Waals surface area contributed by atoms with Crippen LogP contribution in [-0.4, -0.2) is 27.0 Å². The Balaban J connectivity index is 1.27. The van der Waals surface area contributed by atoms with Crippen molar-refractivity contribution in [3.05, 3.63) is 84.1 Å². The normalized spacial score (nSPS) is 10.8. The molecule has 1 amide bonds. The predicted molar refractivity (Wildman–Crippen MR) is 98.5 cm³/mol. The number of imidazole rings is 1. The average molecular weight is 362 g/mol. The van der Waals surface area contributed by atoms with Crippen molar-refractivity contribution in [3.8, 4) is 5.75 Å². The lowest BCUT2D eigenvalue weighted by Gasteiger charge is -2.01. The zero-order valence-corrected chi connectivity index (χ0v) is 14.5. The van der Waals surface area contributed by atoms with Crippen LogP contribution in [-0.2, 0) is 13.0 Å². The number of para-hydroxylation sites is 1. The highest BCUT2D eigenvalue weighted by atomic mass is 16.5. The molecule has 7 nitrogen and oxygen atoms in total. The smallest absolute Gasteiger partial charge is 0.273 e. The van der Waals surface area contributed by atoms with Gasteiger partial charge in [0.1, 0.15) is 18.0 Å². The van der Waals surface area contributed by atoms with Gasteiger partial charge < -0.3 is 19.0 Å². The molecule has 7 heteroatoms. The van der Waals surface area contributed by atoms with Crippen LogP contribution in [0.3, 0.4) is 0 Å². The molecule has 27 heavy (non-hydrogen) atoms. The van der Waals surface area contributed by atoms with Crippen molar-refractivity contribution < 1.29 is 14.1 Å². The van der Waals surface area contributed by atoms with E-state index < -0.39 is 0 Å². The first kappa shape index (κ1) is 16.8. The zero-order valence-electron chi connectivity index (χ0n) is 14.5. The molecule has 0 bridgehead atoms. The minimum atomic E-state index is -0.284. The van der Waals surface area contributed by atoms with Crippen LogP contribution in [0.5, 0.6) is 5.75 Å². The number of aromatic nitrogens is 3. The van der Waals surface area contributed by atoms with Crippen LogP contribution >= 0.6 is 0 Å². The molecule has 4 rings (SSSR count). The zero-order chi connectivity index (χ0) is 18.5. The number of hydrogen-bond donors (Lipinski definition) is 1. The molecule has 0 saturated carbocycles. The molecule has 3 heterocycles. The number of nitrogens with zero attached hydrogens (tertiary/aromatic N) is 3. The summed E-state index contributed by atoms with van der Waals surface area (Å²) in [4.78, 5) is 16.7. The number of pyridine rings is 1. The topological polar surface area (TPSA) is 81.7 Å². The van der Waals surface area contributed by atoms with Crippen LogP contribution in [0.4, 0.5) is 0 Å². The Bertz CT molecular complexity index is 1010. The summed E-state index contributed by atoms with van der Waals surface area (Å²) in [6, 6.07) is 16.8. The quantitative estimate of drug-likeness (QED) is 0.547. The minimum Gasteiger partial charge on any atom is -0.486 e. The first-order valence-electron chi connectivity index (χ1n) is 8.62. The summed E-state index contributed by atoms with van der Waals surface area (Å²) in [7, 11) is 0. The van der Waals surface area contributed by atoms with Crippen molar-refractivity contribution in [2.24, 2.45) is 0 Å². The van der Waals surface area contributed by atoms with E-state index in [4.69, 9.17) is 9.26 Å². The van der Waals surface area contributed by atoms with Crippen LogP contribution < -0.4 is 10.1 Å². The summed E-state index contributed by atoms with van der Waals surface area (Å²) in [6.07, 6.45) is 4.53. The summed E-state index contributed by atoms with van der Waals surface area (Å²) >= 11 is 0. The number of nitrogens with one attached hydrogen (secondary N) is 1. The SMILES string of the molecule is O=C(NCCc1cn2ccccc2n1)c1cc(COc2ccccc2)on1. The second kappa shape index (κ2) is 7.74. The van der Waals surface area contributed by atoms with Crippen molar-refractivity contribution in [3.63, 3.8) is 0 Å². The van der Waals surface area contributed by atoms with Crippen LogP contribution in [0, 0.1) is 0 Å². The Labute approximate surface area is 155 Å². The number of fused-ring (bicyclic) bond motifs is 1. The fraction of sp³-hybridized carbons (Fsp3) is 0.150. The van der Waals surface area contributed by atoms with Crippen molar-refractivity contribution >= 4 is 11.6 Å². The van der Waals surface area contributed by atoms with Gasteiger partial charge in [-0.25, -0.2) is 4.98 Å². The van der Waals surface area contributed by atoms with Gasteiger partial charge in [-0.3, -0.25) is 4.79 Å². The Hall–Kier alpha value is -3.61. The van der Waals surface area contributed by atoms with E-state index in [0.717, 1.165) is 17.1 Å². The first-order chi connectivity index (χ1) is 13.3. The second-order valence-electron chi connectivity index (χ2n) is 5.98. The summed E-state index contributed by atoms with van der Waals surface area (Å²) in [6.45, 7) is 0.678. The van der Waals surface area contributed by atoms with E-state index in [1.807, 2.05) is 65.3 Å². The molecule has 0 aliphatic carbocycles. The summed E-state index contributed by atoms with van der Waals surface area (Å²) < 4.78 is 12.7. The highest BCUT2D eigenvalue weighted by Crippen LogP contribution is 2.12. The number of carbonyl (C=O) groups is 1. The second-order valence-corrected chi connectivity index (χ2v) is 5.98. The molecule has 0 aliphatic rings. The molecule has 0 saturated heterocycles. The fourth-order valence-corrected chi connectivity index (χ4v) is 2.66. The maximum atomic E-state index is 12.2. The molecule has 1 aromatic carbocycles. The number of ether oxygens (including phenoxy) is 1. The van der Waals surface area contributed by atoms with Gasteiger partial charge in [0.25, 0.3) is 5.91 Å². The molecule has 4 aromatic rings. The van der Waals surface area contributed by atoms with Gasteiger partial charge in [0.15, 0.2) is 11.5 Å². The molecule has 3 aromatic heterocycles. The molecular formula is C20H18N4O3. The van der Waals surface area contributed by atoms with Crippen molar-refractivity contribution in [1.29, 1.82) is 0 Å². The molecule has 0 fully saturated rings. The van der Waals surface area contributed by atoms with Crippen LogP contribution in [0.1, 0.15) is 21.9 Å². The van der Waals surface area contributed by atoms with Crippen molar-refractivity contribution in [2.45, 2.75) is 13.0 Å². The maximum Gasteiger partial charge on any atom is 0.273 e. The number of benzene rings is 1. The van der Waals surface area contributed by atoms with Gasteiger partial charge in [0.2, 0.25) is 0 Å². The van der Waals surface area contributed by atoms with E-state index in [1.165, 1.54) is 0 Å². The largest absolute Gasteiger partial charge is 0.486 e. The van der Waals surface area contributed by atoms with Crippen LogP contribution in [0.2, 0.25) is 0 Å². The van der Waals surface area contributed by atoms with Crippen molar-refractivity contribution in [1.82, 2.24) is 19.9 Å². The Morgan fingerprint density at radius 2 is 2.00 bits per heavy atom. The van der Waals surface area contributed by atoms with E-state index in [-0.39, 0.29) is 18.2 Å². The molecule has 136 valence electrons. The van der Waals surface area contributed by atoms with Gasteiger partial charge in [-0.05, 0) is 24.3 Å². The highest BCUT2D eigenvalue weighted by Gasteiger charge is 2.13. The van der Waals surface area contributed by atoms with E-state index in [1.54, 1.807) is 6.07 Å². The molecule has 0 unspecified atom stereocenters. The van der Waals surface area contributed by atoms with Gasteiger partial charge in [-0.1, -0.05) is 29.4 Å². The number of amides is 1. The Kier molecular flexibility index (Phi) is 4.82. The lowest BCUT2D eigenvalue weighted by molar-refractivity contribution is 0.0944. The molecule has 0 spiro atoms. The van der Waals surface area contributed by atoms with E-state index in [0.29, 0.717) is 18.7 Å². The van der Waals surface area contributed by atoms with Crippen LogP contribution in [0.15, 0.2) is 71.5 Å². The summed E-state index contributed by atoms with van der Waals surface area (Å²) in [5, 5.41) is 6.63. The number of hydrogen-bond acceptors (Lipinski definition) is 5. The third-order valence-electron chi connectivity index (χ3n) is 4.00. The lowest BCUT2D eigenvalue weighted by Crippen LogP contribution is -2.26. The van der Waals surface area contributed by atoms with Gasteiger partial charge >= 0.3 is 0 Å². The third-order valence-corrected chi connectivity index (χ3v) is 4.00. The van der Waals surface area contributed by atoms with Crippen molar-refractivity contribution in [2.75, 3.05) is 6.54 Å². The lowest BCUT2D eigenvalue weighted by atomic mass is 10.3. The van der Waals surface area contributed by atoms with Gasteiger partial charge in [0, 0.05) is 31.4 Å². The van der Waals surface area contributed by atoms with E-state index in [9.17, 15) is 4.79 Å². The summed E-state index contributed by atoms with van der Waals surface area (Å²) in [5.41, 5.74) is 2.04. The maximum absolute atomic E-state index is 12.2. The monoisotopic (exact) mass is 362 g/mol. The average Bonchev–Trinajstić information content (AvgIpc) is 3.34. The third kappa shape index (κ3) is 4.14. The number of carbonyl (C=O) groups excluding carboxylic acids is 1. The Morgan fingerprint density at radius 1 is 1.15 bits per heavy atom. The van der Waals surface area contributed by atoms with E-state index in [2.05, 4.69) is 15.5 Å². The van der Waals surface area contributed by atoms with Gasteiger partial charge in [0.05, 0.1) is 5.69 Å². The predicted octanol–water partition coefficient (Wildman–Crippen LogP) is 2.87. The standard InChI is InChI=1S/C20H18N4O3/c25-20(21-10-9-15-13-24-11-5-4-8-19(24)22-15)18-12-17(27-23-18)14-26-16-6-2-1-3-7-16/h1-8,11-13H,9-10,14H2,(H,21,25). The number of rotatable bonds is 7. The van der Waals surface area contributed by atoms with Gasteiger partial charge in [-0.15, -0.1) is 0 Å².